The molecule has 2 N–H and O–H groups in total. The second-order valence-electron chi connectivity index (χ2n) is 4.94. The van der Waals surface area contributed by atoms with Gasteiger partial charge in [-0.05, 0) is 37.2 Å². The molecule has 2 aliphatic rings. The molecule has 0 aromatic carbocycles. The third-order valence-corrected chi connectivity index (χ3v) is 4.06. The maximum Gasteiger partial charge on any atom is 0.308 e. The molecular formula is C12H15N3O2. The van der Waals surface area contributed by atoms with Crippen molar-refractivity contribution in [3.63, 3.8) is 0 Å². The minimum Gasteiger partial charge on any atom is -0.481 e. The van der Waals surface area contributed by atoms with Gasteiger partial charge in [0.1, 0.15) is 0 Å². The first-order valence-corrected chi connectivity index (χ1v) is 6.02. The molecule has 4 unspecified atom stereocenters. The van der Waals surface area contributed by atoms with Crippen molar-refractivity contribution in [2.24, 2.45) is 17.8 Å². The predicted molar refractivity (Wildman–Crippen MR) is 61.4 cm³/mol. The highest BCUT2D eigenvalue weighted by atomic mass is 16.4. The Bertz CT molecular complexity index is 423. The Balaban J connectivity index is 1.80. The molecule has 5 nitrogen and oxygen atoms in total. The molecule has 2 bridgehead atoms. The maximum absolute atomic E-state index is 11.3. The van der Waals surface area contributed by atoms with Crippen LogP contribution in [-0.2, 0) is 4.79 Å². The number of fused-ring (bicyclic) bond motifs is 2. The van der Waals surface area contributed by atoms with Crippen molar-refractivity contribution in [2.75, 3.05) is 5.32 Å². The normalized spacial score (nSPS) is 34.8. The summed E-state index contributed by atoms with van der Waals surface area (Å²) in [5.74, 6) is 0.364. The number of nitrogens with one attached hydrogen (secondary N) is 1. The van der Waals surface area contributed by atoms with Crippen molar-refractivity contribution in [1.82, 2.24) is 9.97 Å². The lowest BCUT2D eigenvalue weighted by atomic mass is 9.84. The van der Waals surface area contributed by atoms with Crippen LogP contribution >= 0.6 is 0 Å². The fraction of sp³-hybridized carbons (Fsp3) is 0.583. The molecule has 1 heterocycles. The lowest BCUT2D eigenvalue weighted by Gasteiger charge is -2.28. The molecule has 0 aliphatic heterocycles. The number of anilines is 1. The first-order chi connectivity index (χ1) is 8.25. The second-order valence-corrected chi connectivity index (χ2v) is 4.94. The molecule has 3 rings (SSSR count). The zero-order valence-corrected chi connectivity index (χ0v) is 9.41. The molecule has 4 atom stereocenters. The van der Waals surface area contributed by atoms with Crippen molar-refractivity contribution in [1.29, 1.82) is 0 Å². The first-order valence-electron chi connectivity index (χ1n) is 6.02. The van der Waals surface area contributed by atoms with Crippen molar-refractivity contribution in [3.05, 3.63) is 18.5 Å². The van der Waals surface area contributed by atoms with E-state index in [1.807, 2.05) is 0 Å². The Hall–Kier alpha value is -1.65. The lowest BCUT2D eigenvalue weighted by molar-refractivity contribution is -0.143. The molecule has 90 valence electrons. The van der Waals surface area contributed by atoms with Crippen LogP contribution in [0, 0.1) is 17.8 Å². The smallest absolute Gasteiger partial charge is 0.308 e. The molecule has 2 saturated carbocycles. The average molecular weight is 233 g/mol. The van der Waals surface area contributed by atoms with Gasteiger partial charge in [0, 0.05) is 18.4 Å². The van der Waals surface area contributed by atoms with E-state index in [0.29, 0.717) is 17.8 Å². The average Bonchev–Trinajstić information content (AvgIpc) is 2.90. The van der Waals surface area contributed by atoms with E-state index in [-0.39, 0.29) is 12.0 Å². The van der Waals surface area contributed by atoms with Gasteiger partial charge in [-0.3, -0.25) is 4.79 Å². The highest BCUT2D eigenvalue weighted by Crippen LogP contribution is 2.49. The van der Waals surface area contributed by atoms with Gasteiger partial charge >= 0.3 is 5.97 Å². The molecule has 1 aromatic heterocycles. The number of rotatable bonds is 3. The van der Waals surface area contributed by atoms with Crippen molar-refractivity contribution in [2.45, 2.75) is 25.3 Å². The van der Waals surface area contributed by atoms with E-state index in [1.165, 1.54) is 0 Å². The highest BCUT2D eigenvalue weighted by Gasteiger charge is 2.51. The Morgan fingerprint density at radius 1 is 1.29 bits per heavy atom. The number of carboxylic acids is 1. The summed E-state index contributed by atoms with van der Waals surface area (Å²) in [4.78, 5) is 19.5. The van der Waals surface area contributed by atoms with Crippen molar-refractivity contribution >= 4 is 11.9 Å². The highest BCUT2D eigenvalue weighted by molar-refractivity contribution is 5.73. The van der Waals surface area contributed by atoms with E-state index in [1.54, 1.807) is 18.5 Å². The van der Waals surface area contributed by atoms with Gasteiger partial charge in [0.2, 0.25) is 5.95 Å². The molecule has 0 radical (unpaired) electrons. The van der Waals surface area contributed by atoms with Crippen LogP contribution in [0.25, 0.3) is 0 Å². The number of aromatic nitrogens is 2. The summed E-state index contributed by atoms with van der Waals surface area (Å²) >= 11 is 0. The standard InChI is InChI=1S/C12H15N3O2/c16-11(17)9-7-2-3-8(6-7)10(9)15-12-13-4-1-5-14-12/h1,4-5,7-10H,2-3,6H2,(H,16,17)(H,13,14,15). The van der Waals surface area contributed by atoms with Crippen LogP contribution in [0.15, 0.2) is 18.5 Å². The molecule has 2 aliphatic carbocycles. The van der Waals surface area contributed by atoms with Crippen LogP contribution in [-0.4, -0.2) is 27.1 Å². The van der Waals surface area contributed by atoms with Gasteiger partial charge in [-0.15, -0.1) is 0 Å². The predicted octanol–water partition coefficient (Wildman–Crippen LogP) is 1.39. The quantitative estimate of drug-likeness (QED) is 0.825. The van der Waals surface area contributed by atoms with Crippen LogP contribution in [0.5, 0.6) is 0 Å². The van der Waals surface area contributed by atoms with E-state index in [4.69, 9.17) is 0 Å². The Kier molecular flexibility index (Phi) is 2.46. The summed E-state index contributed by atoms with van der Waals surface area (Å²) in [5.41, 5.74) is 0. The SMILES string of the molecule is O=C(O)C1C2CCC(C2)C1Nc1ncccn1. The summed E-state index contributed by atoms with van der Waals surface area (Å²) in [7, 11) is 0. The number of hydrogen-bond acceptors (Lipinski definition) is 4. The van der Waals surface area contributed by atoms with E-state index in [9.17, 15) is 9.90 Å². The van der Waals surface area contributed by atoms with Gasteiger partial charge in [-0.1, -0.05) is 0 Å². The Morgan fingerprint density at radius 3 is 2.71 bits per heavy atom. The fourth-order valence-corrected chi connectivity index (χ4v) is 3.38. The number of carbonyl (C=O) groups is 1. The number of hydrogen-bond donors (Lipinski definition) is 2. The molecule has 5 heteroatoms. The minimum absolute atomic E-state index is 0.00588. The van der Waals surface area contributed by atoms with Crippen LogP contribution in [0.4, 0.5) is 5.95 Å². The zero-order chi connectivity index (χ0) is 11.8. The minimum atomic E-state index is -0.689. The van der Waals surface area contributed by atoms with Crippen LogP contribution in [0.3, 0.4) is 0 Å². The largest absolute Gasteiger partial charge is 0.481 e. The third-order valence-electron chi connectivity index (χ3n) is 4.06. The van der Waals surface area contributed by atoms with Crippen LogP contribution < -0.4 is 5.32 Å². The van der Waals surface area contributed by atoms with Gasteiger partial charge in [0.05, 0.1) is 5.92 Å². The summed E-state index contributed by atoms with van der Waals surface area (Å²) in [6, 6.07) is 1.74. The fourth-order valence-electron chi connectivity index (χ4n) is 3.38. The Morgan fingerprint density at radius 2 is 2.00 bits per heavy atom. The Labute approximate surface area is 99.3 Å². The van der Waals surface area contributed by atoms with Crippen molar-refractivity contribution < 1.29 is 9.90 Å². The van der Waals surface area contributed by atoms with Crippen LogP contribution in [0.2, 0.25) is 0 Å². The van der Waals surface area contributed by atoms with Gasteiger partial charge in [0.25, 0.3) is 0 Å². The third kappa shape index (κ3) is 1.75. The summed E-state index contributed by atoms with van der Waals surface area (Å²) < 4.78 is 0. The van der Waals surface area contributed by atoms with Gasteiger partial charge in [-0.2, -0.15) is 0 Å². The number of carboxylic acid groups (broad SMARTS) is 1. The van der Waals surface area contributed by atoms with E-state index in [2.05, 4.69) is 15.3 Å². The molecule has 0 saturated heterocycles. The first kappa shape index (κ1) is 10.5. The molecule has 2 fully saturated rings. The monoisotopic (exact) mass is 233 g/mol. The topological polar surface area (TPSA) is 75.1 Å². The van der Waals surface area contributed by atoms with E-state index < -0.39 is 5.97 Å². The number of aliphatic carboxylic acids is 1. The van der Waals surface area contributed by atoms with Gasteiger partial charge < -0.3 is 10.4 Å². The number of nitrogens with zero attached hydrogens (tertiary/aromatic N) is 2. The van der Waals surface area contributed by atoms with E-state index >= 15 is 0 Å². The maximum atomic E-state index is 11.3. The zero-order valence-electron chi connectivity index (χ0n) is 9.41. The lowest BCUT2D eigenvalue weighted by Crippen LogP contribution is -2.39. The molecule has 0 spiro atoms. The summed E-state index contributed by atoms with van der Waals surface area (Å²) in [6.07, 6.45) is 6.53. The molecule has 17 heavy (non-hydrogen) atoms. The molecule has 1 aromatic rings. The van der Waals surface area contributed by atoms with Gasteiger partial charge in [0.15, 0.2) is 0 Å². The summed E-state index contributed by atoms with van der Waals surface area (Å²) in [6.45, 7) is 0. The summed E-state index contributed by atoms with van der Waals surface area (Å²) in [5, 5.41) is 12.5. The molecule has 0 amide bonds. The van der Waals surface area contributed by atoms with Crippen LogP contribution in [0.1, 0.15) is 19.3 Å². The van der Waals surface area contributed by atoms with Gasteiger partial charge in [-0.25, -0.2) is 9.97 Å². The van der Waals surface area contributed by atoms with E-state index in [0.717, 1.165) is 19.3 Å². The molecular weight excluding hydrogens is 218 g/mol. The van der Waals surface area contributed by atoms with Crippen molar-refractivity contribution in [3.8, 4) is 0 Å². The second kappa shape index (κ2) is 3.98.